The van der Waals surface area contributed by atoms with Crippen molar-refractivity contribution in [1.82, 2.24) is 9.80 Å². The molecular formula is C24H22N2O6S. The molecule has 33 heavy (non-hydrogen) atoms. The van der Waals surface area contributed by atoms with E-state index in [1.807, 2.05) is 0 Å². The first-order chi connectivity index (χ1) is 16.0. The van der Waals surface area contributed by atoms with Crippen LogP contribution in [0.25, 0.3) is 6.08 Å². The van der Waals surface area contributed by atoms with Crippen molar-refractivity contribution in [3.63, 3.8) is 0 Å². The van der Waals surface area contributed by atoms with Crippen LogP contribution in [0.2, 0.25) is 0 Å². The maximum atomic E-state index is 12.7. The minimum Gasteiger partial charge on any atom is -0.493 e. The van der Waals surface area contributed by atoms with E-state index in [9.17, 15) is 19.2 Å². The molecule has 2 saturated heterocycles. The second-order valence-electron chi connectivity index (χ2n) is 7.52. The minimum absolute atomic E-state index is 0.213. The van der Waals surface area contributed by atoms with Crippen LogP contribution in [0.1, 0.15) is 28.8 Å². The molecule has 8 nitrogen and oxygen atoms in total. The molecule has 0 bridgehead atoms. The molecule has 9 heteroatoms. The molecule has 0 atom stereocenters. The Labute approximate surface area is 195 Å². The number of carbonyl (C=O) groups is 4. The first kappa shape index (κ1) is 22.6. The van der Waals surface area contributed by atoms with Gasteiger partial charge >= 0.3 is 5.97 Å². The number of nitrogens with zero attached hydrogens (tertiary/aromatic N) is 2. The third-order valence-corrected chi connectivity index (χ3v) is 6.23. The molecule has 2 heterocycles. The van der Waals surface area contributed by atoms with E-state index in [1.165, 1.54) is 7.11 Å². The van der Waals surface area contributed by atoms with Gasteiger partial charge in [0, 0.05) is 13.1 Å². The van der Waals surface area contributed by atoms with Crippen LogP contribution in [-0.2, 0) is 9.59 Å². The number of methoxy groups -OCH3 is 1. The van der Waals surface area contributed by atoms with E-state index in [0.717, 1.165) is 29.5 Å². The van der Waals surface area contributed by atoms with E-state index < -0.39 is 17.1 Å². The van der Waals surface area contributed by atoms with Crippen LogP contribution < -0.4 is 9.47 Å². The number of carbonyl (C=O) groups excluding carboxylic acids is 4. The second kappa shape index (κ2) is 9.91. The van der Waals surface area contributed by atoms with Gasteiger partial charge < -0.3 is 14.4 Å². The normalized spacial score (nSPS) is 17.1. The summed E-state index contributed by atoms with van der Waals surface area (Å²) in [4.78, 5) is 52.6. The molecule has 2 aromatic rings. The summed E-state index contributed by atoms with van der Waals surface area (Å²) in [6.07, 6.45) is 3.43. The number of amides is 3. The predicted octanol–water partition coefficient (Wildman–Crippen LogP) is 3.57. The summed E-state index contributed by atoms with van der Waals surface area (Å²) in [5, 5.41) is -0.473. The van der Waals surface area contributed by atoms with E-state index in [-0.39, 0.29) is 23.1 Å². The van der Waals surface area contributed by atoms with Crippen molar-refractivity contribution in [3.05, 3.63) is 64.6 Å². The summed E-state index contributed by atoms with van der Waals surface area (Å²) < 4.78 is 10.8. The van der Waals surface area contributed by atoms with Gasteiger partial charge in [-0.2, -0.15) is 0 Å². The maximum Gasteiger partial charge on any atom is 0.343 e. The van der Waals surface area contributed by atoms with Crippen LogP contribution in [0.3, 0.4) is 0 Å². The van der Waals surface area contributed by atoms with Gasteiger partial charge in [0.15, 0.2) is 11.5 Å². The third kappa shape index (κ3) is 5.09. The van der Waals surface area contributed by atoms with E-state index in [4.69, 9.17) is 9.47 Å². The molecule has 4 rings (SSSR count). The number of imide groups is 1. The molecule has 2 aliphatic rings. The summed E-state index contributed by atoms with van der Waals surface area (Å²) in [5.41, 5.74) is 0.989. The minimum atomic E-state index is -0.523. The Morgan fingerprint density at radius 3 is 2.45 bits per heavy atom. The van der Waals surface area contributed by atoms with Gasteiger partial charge in [-0.1, -0.05) is 24.3 Å². The number of thioether (sulfide) groups is 1. The summed E-state index contributed by atoms with van der Waals surface area (Å²) >= 11 is 0.788. The zero-order valence-corrected chi connectivity index (χ0v) is 18.8. The van der Waals surface area contributed by atoms with E-state index >= 15 is 0 Å². The molecule has 2 aromatic carbocycles. The van der Waals surface area contributed by atoms with Crippen molar-refractivity contribution >= 4 is 40.9 Å². The number of rotatable bonds is 6. The molecule has 0 spiro atoms. The number of hydrogen-bond donors (Lipinski definition) is 0. The fraction of sp³-hybridized carbons (Fsp3) is 0.250. The van der Waals surface area contributed by atoms with Crippen LogP contribution in [0.15, 0.2) is 53.4 Å². The lowest BCUT2D eigenvalue weighted by molar-refractivity contribution is -0.135. The molecular weight excluding hydrogens is 444 g/mol. The van der Waals surface area contributed by atoms with Crippen molar-refractivity contribution in [2.24, 2.45) is 0 Å². The molecule has 0 radical (unpaired) electrons. The quantitative estimate of drug-likeness (QED) is 0.365. The fourth-order valence-electron chi connectivity index (χ4n) is 3.58. The van der Waals surface area contributed by atoms with Gasteiger partial charge in [-0.3, -0.25) is 19.3 Å². The molecule has 170 valence electrons. The number of benzene rings is 2. The lowest BCUT2D eigenvalue weighted by Gasteiger charge is -2.18. The zero-order valence-electron chi connectivity index (χ0n) is 18.0. The number of hydrogen-bond acceptors (Lipinski definition) is 7. The predicted molar refractivity (Wildman–Crippen MR) is 123 cm³/mol. The number of ether oxygens (including phenoxy) is 2. The molecule has 0 N–H and O–H groups in total. The monoisotopic (exact) mass is 466 g/mol. The fourth-order valence-corrected chi connectivity index (χ4v) is 4.42. The van der Waals surface area contributed by atoms with Crippen LogP contribution >= 0.6 is 11.8 Å². The highest BCUT2D eigenvalue weighted by Gasteiger charge is 2.37. The van der Waals surface area contributed by atoms with E-state index in [1.54, 1.807) is 59.5 Å². The highest BCUT2D eigenvalue weighted by molar-refractivity contribution is 8.18. The molecule has 2 aliphatic heterocycles. The molecule has 0 unspecified atom stereocenters. The molecule has 0 saturated carbocycles. The van der Waals surface area contributed by atoms with Crippen LogP contribution in [-0.4, -0.2) is 59.6 Å². The summed E-state index contributed by atoms with van der Waals surface area (Å²) in [6, 6.07) is 13.4. The average Bonchev–Trinajstić information content (AvgIpc) is 3.45. The van der Waals surface area contributed by atoms with Crippen molar-refractivity contribution in [1.29, 1.82) is 0 Å². The Kier molecular flexibility index (Phi) is 6.79. The van der Waals surface area contributed by atoms with Gasteiger partial charge in [0.2, 0.25) is 5.91 Å². The van der Waals surface area contributed by atoms with Crippen LogP contribution in [0, 0.1) is 0 Å². The summed E-state index contributed by atoms with van der Waals surface area (Å²) in [7, 11) is 1.44. The first-order valence-electron chi connectivity index (χ1n) is 10.4. The SMILES string of the molecule is COc1cc(/C=C2\SC(=O)N(CC(=O)N3CCCC3)C2=O)ccc1OC(=O)c1ccccc1. The Morgan fingerprint density at radius 2 is 1.76 bits per heavy atom. The van der Waals surface area contributed by atoms with Gasteiger partial charge in [-0.25, -0.2) is 4.79 Å². The maximum absolute atomic E-state index is 12.7. The molecule has 2 fully saturated rings. The first-order valence-corrected chi connectivity index (χ1v) is 11.3. The number of esters is 1. The third-order valence-electron chi connectivity index (χ3n) is 5.32. The number of likely N-dealkylation sites (tertiary alicyclic amines) is 1. The highest BCUT2D eigenvalue weighted by Crippen LogP contribution is 2.35. The topological polar surface area (TPSA) is 93.2 Å². The molecule has 0 aromatic heterocycles. The Bertz CT molecular complexity index is 1130. The molecule has 0 aliphatic carbocycles. The van der Waals surface area contributed by atoms with Gasteiger partial charge in [0.05, 0.1) is 17.6 Å². The second-order valence-corrected chi connectivity index (χ2v) is 8.51. The smallest absolute Gasteiger partial charge is 0.343 e. The zero-order chi connectivity index (χ0) is 23.4. The standard InChI is InChI=1S/C24H22N2O6S/c1-31-19-13-16(9-10-18(19)32-23(29)17-7-3-2-4-8-17)14-20-22(28)26(24(30)33-20)15-21(27)25-11-5-6-12-25/h2-4,7-10,13-14H,5-6,11-12,15H2,1H3/b20-14-. The Morgan fingerprint density at radius 1 is 1.03 bits per heavy atom. The summed E-state index contributed by atoms with van der Waals surface area (Å²) in [6.45, 7) is 1.07. The van der Waals surface area contributed by atoms with Crippen LogP contribution in [0.5, 0.6) is 11.5 Å². The van der Waals surface area contributed by atoms with Gasteiger partial charge in [-0.15, -0.1) is 0 Å². The van der Waals surface area contributed by atoms with Crippen molar-refractivity contribution in [2.75, 3.05) is 26.7 Å². The molecule has 3 amide bonds. The largest absolute Gasteiger partial charge is 0.493 e. The van der Waals surface area contributed by atoms with E-state index in [0.29, 0.717) is 30.0 Å². The van der Waals surface area contributed by atoms with Crippen molar-refractivity contribution in [3.8, 4) is 11.5 Å². The lowest BCUT2D eigenvalue weighted by atomic mass is 10.1. The van der Waals surface area contributed by atoms with Gasteiger partial charge in [-0.05, 0) is 60.5 Å². The summed E-state index contributed by atoms with van der Waals surface area (Å²) in [5.74, 6) is -0.715. The average molecular weight is 467 g/mol. The lowest BCUT2D eigenvalue weighted by Crippen LogP contribution is -2.40. The van der Waals surface area contributed by atoms with Gasteiger partial charge in [0.1, 0.15) is 6.54 Å². The van der Waals surface area contributed by atoms with Crippen LogP contribution in [0.4, 0.5) is 4.79 Å². The van der Waals surface area contributed by atoms with Crippen molar-refractivity contribution < 1.29 is 28.7 Å². The van der Waals surface area contributed by atoms with Crippen molar-refractivity contribution in [2.45, 2.75) is 12.8 Å². The van der Waals surface area contributed by atoms with Gasteiger partial charge in [0.25, 0.3) is 11.1 Å². The highest BCUT2D eigenvalue weighted by atomic mass is 32.2. The van der Waals surface area contributed by atoms with E-state index in [2.05, 4.69) is 0 Å². The Hall–Kier alpha value is -3.59. The Balaban J connectivity index is 1.48.